The van der Waals surface area contributed by atoms with Crippen LogP contribution in [0.1, 0.15) is 6.92 Å². The van der Waals surface area contributed by atoms with Crippen molar-refractivity contribution in [3.05, 3.63) is 58.8 Å². The van der Waals surface area contributed by atoms with Crippen molar-refractivity contribution in [3.63, 3.8) is 0 Å². The Morgan fingerprint density at radius 1 is 1.15 bits per heavy atom. The van der Waals surface area contributed by atoms with Crippen LogP contribution in [-0.2, 0) is 4.79 Å². The predicted octanol–water partition coefficient (Wildman–Crippen LogP) is 3.18. The summed E-state index contributed by atoms with van der Waals surface area (Å²) in [5.74, 6) is 0.0102. The Kier molecular flexibility index (Phi) is 4.61. The number of carboxylic acid groups (broad SMARTS) is 1. The summed E-state index contributed by atoms with van der Waals surface area (Å²) in [7, 11) is 0. The van der Waals surface area contributed by atoms with Crippen LogP contribution in [0, 0.1) is 10.1 Å². The lowest BCUT2D eigenvalue weighted by Crippen LogP contribution is -2.22. The van der Waals surface area contributed by atoms with Crippen LogP contribution in [0.4, 0.5) is 5.69 Å². The zero-order chi connectivity index (χ0) is 18.7. The fourth-order valence-electron chi connectivity index (χ4n) is 2.11. The van der Waals surface area contributed by atoms with Crippen molar-refractivity contribution in [2.45, 2.75) is 13.0 Å². The maximum atomic E-state index is 10.8. The first-order chi connectivity index (χ1) is 12.4. The summed E-state index contributed by atoms with van der Waals surface area (Å²) in [5, 5.41) is 19.6. The van der Waals surface area contributed by atoms with Gasteiger partial charge in [0.15, 0.2) is 6.10 Å². The molecule has 1 N–H and O–H groups in total. The predicted molar refractivity (Wildman–Crippen MR) is 90.4 cm³/mol. The summed E-state index contributed by atoms with van der Waals surface area (Å²) >= 11 is 0. The molecule has 0 amide bonds. The molecule has 0 bridgehead atoms. The fourth-order valence-corrected chi connectivity index (χ4v) is 2.11. The van der Waals surface area contributed by atoms with Gasteiger partial charge in [-0.05, 0) is 37.3 Å². The summed E-state index contributed by atoms with van der Waals surface area (Å²) in [6.45, 7) is 1.43. The molecule has 0 saturated heterocycles. The molecule has 0 aliphatic rings. The van der Waals surface area contributed by atoms with E-state index < -0.39 is 17.0 Å². The Morgan fingerprint density at radius 3 is 2.50 bits per heavy atom. The molecule has 1 heterocycles. The first kappa shape index (κ1) is 17.1. The second kappa shape index (κ2) is 7.01. The molecule has 0 fully saturated rings. The Labute approximate surface area is 147 Å². The molecule has 0 spiro atoms. The van der Waals surface area contributed by atoms with Crippen molar-refractivity contribution in [1.29, 1.82) is 0 Å². The number of rotatable bonds is 6. The molecular weight excluding hydrogens is 342 g/mol. The third kappa shape index (κ3) is 3.83. The van der Waals surface area contributed by atoms with Gasteiger partial charge >= 0.3 is 5.97 Å². The van der Waals surface area contributed by atoms with Crippen molar-refractivity contribution in [3.8, 4) is 17.4 Å². The molecule has 3 rings (SSSR count). The zero-order valence-electron chi connectivity index (χ0n) is 13.5. The van der Waals surface area contributed by atoms with E-state index in [9.17, 15) is 14.9 Å². The number of hydrogen-bond donors (Lipinski definition) is 1. The molecule has 1 atom stereocenters. The smallest absolute Gasteiger partial charge is 0.344 e. The second-order valence-corrected chi connectivity index (χ2v) is 5.31. The van der Waals surface area contributed by atoms with Gasteiger partial charge in [0.05, 0.1) is 22.2 Å². The first-order valence-corrected chi connectivity index (χ1v) is 7.51. The van der Waals surface area contributed by atoms with Crippen LogP contribution < -0.4 is 9.47 Å². The molecular formula is C17H13N3O6. The topological polar surface area (TPSA) is 125 Å². The molecule has 2 aromatic carbocycles. The third-order valence-corrected chi connectivity index (χ3v) is 3.42. The number of nitro groups is 1. The maximum absolute atomic E-state index is 10.8. The molecule has 1 unspecified atom stereocenters. The van der Waals surface area contributed by atoms with Crippen LogP contribution >= 0.6 is 0 Å². The minimum Gasteiger partial charge on any atom is -0.479 e. The Bertz CT molecular complexity index is 974. The highest BCUT2D eigenvalue weighted by Crippen LogP contribution is 2.25. The molecule has 0 aliphatic carbocycles. The van der Waals surface area contributed by atoms with Gasteiger partial charge in [-0.3, -0.25) is 10.1 Å². The fraction of sp³-hybridized carbons (Fsp3) is 0.118. The lowest BCUT2D eigenvalue weighted by atomic mass is 10.2. The standard InChI is InChI=1S/C17H13N3O6/c1-10(17(21)22)25-12-3-5-13(6-4-12)26-16-9-18-15-8-11(20(23)24)2-7-14(15)19-16/h2-10H,1H3,(H,21,22). The number of aromatic nitrogens is 2. The van der Waals surface area contributed by atoms with Gasteiger partial charge in [0.1, 0.15) is 11.5 Å². The van der Waals surface area contributed by atoms with Crippen LogP contribution in [0.2, 0.25) is 0 Å². The van der Waals surface area contributed by atoms with E-state index in [0.29, 0.717) is 22.5 Å². The van der Waals surface area contributed by atoms with Gasteiger partial charge in [0.25, 0.3) is 5.69 Å². The monoisotopic (exact) mass is 355 g/mol. The maximum Gasteiger partial charge on any atom is 0.344 e. The Morgan fingerprint density at radius 2 is 1.85 bits per heavy atom. The summed E-state index contributed by atoms with van der Waals surface area (Å²) in [6, 6.07) is 10.5. The van der Waals surface area contributed by atoms with Crippen molar-refractivity contribution in [1.82, 2.24) is 9.97 Å². The molecule has 9 nitrogen and oxygen atoms in total. The normalized spacial score (nSPS) is 11.7. The van der Waals surface area contributed by atoms with Crippen LogP contribution in [0.25, 0.3) is 11.0 Å². The van der Waals surface area contributed by atoms with Gasteiger partial charge in [0, 0.05) is 12.1 Å². The SMILES string of the molecule is CC(Oc1ccc(Oc2cnc3cc([N+](=O)[O-])ccc3n2)cc1)C(=O)O. The van der Waals surface area contributed by atoms with Crippen molar-refractivity contribution in [2.24, 2.45) is 0 Å². The molecule has 0 saturated carbocycles. The van der Waals surface area contributed by atoms with Crippen molar-refractivity contribution in [2.75, 3.05) is 0 Å². The quantitative estimate of drug-likeness (QED) is 0.528. The van der Waals surface area contributed by atoms with E-state index >= 15 is 0 Å². The molecule has 0 aliphatic heterocycles. The number of aliphatic carboxylic acids is 1. The lowest BCUT2D eigenvalue weighted by molar-refractivity contribution is -0.384. The van der Waals surface area contributed by atoms with Gasteiger partial charge in [-0.2, -0.15) is 0 Å². The molecule has 3 aromatic rings. The van der Waals surface area contributed by atoms with Gasteiger partial charge in [-0.15, -0.1) is 0 Å². The largest absolute Gasteiger partial charge is 0.479 e. The summed E-state index contributed by atoms with van der Waals surface area (Å²) < 4.78 is 10.8. The lowest BCUT2D eigenvalue weighted by Gasteiger charge is -2.11. The van der Waals surface area contributed by atoms with Crippen LogP contribution in [0.15, 0.2) is 48.7 Å². The number of carbonyl (C=O) groups is 1. The summed E-state index contributed by atoms with van der Waals surface area (Å²) in [6.07, 6.45) is 0.403. The van der Waals surface area contributed by atoms with E-state index in [1.807, 2.05) is 0 Å². The number of hydrogen-bond acceptors (Lipinski definition) is 7. The van der Waals surface area contributed by atoms with E-state index in [1.54, 1.807) is 24.3 Å². The van der Waals surface area contributed by atoms with Crippen molar-refractivity contribution >= 4 is 22.7 Å². The van der Waals surface area contributed by atoms with Crippen LogP contribution in [0.3, 0.4) is 0 Å². The summed E-state index contributed by atoms with van der Waals surface area (Å²) in [4.78, 5) is 29.4. The number of benzene rings is 2. The van der Waals surface area contributed by atoms with Crippen LogP contribution in [0.5, 0.6) is 17.4 Å². The van der Waals surface area contributed by atoms with Gasteiger partial charge in [-0.25, -0.2) is 14.8 Å². The molecule has 132 valence electrons. The average molecular weight is 355 g/mol. The number of carboxylic acids is 1. The Hall–Kier alpha value is -3.75. The first-order valence-electron chi connectivity index (χ1n) is 7.51. The minimum atomic E-state index is -1.06. The van der Waals surface area contributed by atoms with E-state index in [0.717, 1.165) is 0 Å². The van der Waals surface area contributed by atoms with E-state index in [1.165, 1.54) is 31.3 Å². The highest BCUT2D eigenvalue weighted by atomic mass is 16.6. The van der Waals surface area contributed by atoms with E-state index in [-0.39, 0.29) is 11.6 Å². The van der Waals surface area contributed by atoms with Gasteiger partial charge in [0.2, 0.25) is 5.88 Å². The Balaban J connectivity index is 1.75. The zero-order valence-corrected chi connectivity index (χ0v) is 13.5. The highest BCUT2D eigenvalue weighted by Gasteiger charge is 2.12. The van der Waals surface area contributed by atoms with Crippen LogP contribution in [-0.4, -0.2) is 32.1 Å². The molecule has 9 heteroatoms. The number of fused-ring (bicyclic) bond motifs is 1. The summed E-state index contributed by atoms with van der Waals surface area (Å²) in [5.41, 5.74) is 0.785. The van der Waals surface area contributed by atoms with Crippen molar-refractivity contribution < 1.29 is 24.3 Å². The van der Waals surface area contributed by atoms with Gasteiger partial charge < -0.3 is 14.6 Å². The molecule has 0 radical (unpaired) electrons. The average Bonchev–Trinajstić information content (AvgIpc) is 2.62. The van der Waals surface area contributed by atoms with Gasteiger partial charge in [-0.1, -0.05) is 0 Å². The molecule has 1 aromatic heterocycles. The molecule has 26 heavy (non-hydrogen) atoms. The third-order valence-electron chi connectivity index (χ3n) is 3.42. The van der Waals surface area contributed by atoms with E-state index in [4.69, 9.17) is 14.6 Å². The number of ether oxygens (including phenoxy) is 2. The number of nitrogens with zero attached hydrogens (tertiary/aromatic N) is 3. The second-order valence-electron chi connectivity index (χ2n) is 5.31. The number of nitro benzene ring substituents is 1. The van der Waals surface area contributed by atoms with E-state index in [2.05, 4.69) is 9.97 Å². The minimum absolute atomic E-state index is 0.0633. The number of non-ortho nitro benzene ring substituents is 1. The highest BCUT2D eigenvalue weighted by molar-refractivity contribution is 5.77.